The van der Waals surface area contributed by atoms with Crippen molar-refractivity contribution in [3.63, 3.8) is 0 Å². The topological polar surface area (TPSA) is 75.7 Å². The number of carbonyl (C=O) groups is 1. The first-order valence-corrected chi connectivity index (χ1v) is 11.3. The maximum atomic E-state index is 12.7. The molecule has 8 heteroatoms. The molecule has 0 bridgehead atoms. The van der Waals surface area contributed by atoms with Gasteiger partial charge in [0.1, 0.15) is 12.3 Å². The maximum Gasteiger partial charge on any atom is 0.241 e. The van der Waals surface area contributed by atoms with Crippen LogP contribution in [0.3, 0.4) is 0 Å². The number of amides is 1. The Balaban J connectivity index is 2.23. The lowest BCUT2D eigenvalue weighted by Gasteiger charge is -2.24. The molecular formula is C21H27ClN2O4S. The Bertz CT molecular complexity index is 1020. The summed E-state index contributed by atoms with van der Waals surface area (Å²) in [7, 11) is -2.23. The molecule has 0 aliphatic heterocycles. The number of hydrogen-bond donors (Lipinski definition) is 1. The van der Waals surface area contributed by atoms with Gasteiger partial charge in [0, 0.05) is 0 Å². The summed E-state index contributed by atoms with van der Waals surface area (Å²) in [6.07, 6.45) is 1.05. The zero-order valence-electron chi connectivity index (χ0n) is 17.5. The molecule has 1 unspecified atom stereocenters. The molecular weight excluding hydrogens is 412 g/mol. The zero-order valence-corrected chi connectivity index (χ0v) is 19.1. The van der Waals surface area contributed by atoms with E-state index in [0.717, 1.165) is 27.3 Å². The van der Waals surface area contributed by atoms with Crippen LogP contribution in [-0.4, -0.2) is 34.2 Å². The molecule has 1 N–H and O–H groups in total. The van der Waals surface area contributed by atoms with E-state index >= 15 is 0 Å². The van der Waals surface area contributed by atoms with Crippen LogP contribution in [0.1, 0.15) is 35.2 Å². The summed E-state index contributed by atoms with van der Waals surface area (Å²) >= 11 is 6.12. The van der Waals surface area contributed by atoms with Crippen LogP contribution in [0, 0.1) is 20.8 Å². The number of ether oxygens (including phenoxy) is 1. The molecule has 0 spiro atoms. The zero-order chi connectivity index (χ0) is 21.9. The standard InChI is InChI=1S/C21H27ClN2O4S/c1-13-9-15(3)18(10-14(13)2)16(4)23-21(25)12-24(29(6,26)27)17-7-8-20(28-5)19(22)11-17/h7-11,16H,12H2,1-6H3,(H,23,25). The summed E-state index contributed by atoms with van der Waals surface area (Å²) < 4.78 is 30.7. The van der Waals surface area contributed by atoms with Crippen molar-refractivity contribution in [3.8, 4) is 5.75 Å². The molecule has 1 amide bonds. The predicted molar refractivity (Wildman–Crippen MR) is 117 cm³/mol. The smallest absolute Gasteiger partial charge is 0.241 e. The van der Waals surface area contributed by atoms with Gasteiger partial charge < -0.3 is 10.1 Å². The van der Waals surface area contributed by atoms with E-state index in [-0.39, 0.29) is 17.6 Å². The Morgan fingerprint density at radius 3 is 2.31 bits per heavy atom. The number of hydrogen-bond acceptors (Lipinski definition) is 4. The monoisotopic (exact) mass is 438 g/mol. The second-order valence-corrected chi connectivity index (χ2v) is 9.48. The highest BCUT2D eigenvalue weighted by atomic mass is 35.5. The third-order valence-corrected chi connectivity index (χ3v) is 6.27. The SMILES string of the molecule is COc1ccc(N(CC(=O)NC(C)c2cc(C)c(C)cc2C)S(C)(=O)=O)cc1Cl. The molecule has 0 aliphatic rings. The molecule has 1 atom stereocenters. The second kappa shape index (κ2) is 9.05. The van der Waals surface area contributed by atoms with E-state index in [1.165, 1.54) is 18.7 Å². The average Bonchev–Trinajstić information content (AvgIpc) is 2.61. The number of methoxy groups -OCH3 is 1. The van der Waals surface area contributed by atoms with Gasteiger partial charge in [-0.15, -0.1) is 0 Å². The van der Waals surface area contributed by atoms with Crippen molar-refractivity contribution in [1.29, 1.82) is 0 Å². The first-order valence-electron chi connectivity index (χ1n) is 9.12. The Morgan fingerprint density at radius 1 is 1.14 bits per heavy atom. The van der Waals surface area contributed by atoms with Crippen LogP contribution in [-0.2, 0) is 14.8 Å². The number of rotatable bonds is 7. The van der Waals surface area contributed by atoms with Gasteiger partial charge in [-0.25, -0.2) is 8.42 Å². The lowest BCUT2D eigenvalue weighted by Crippen LogP contribution is -2.41. The third-order valence-electron chi connectivity index (χ3n) is 4.84. The molecule has 158 valence electrons. The van der Waals surface area contributed by atoms with E-state index in [4.69, 9.17) is 16.3 Å². The summed E-state index contributed by atoms with van der Waals surface area (Å²) in [6, 6.07) is 8.45. The number of carbonyl (C=O) groups excluding carboxylic acids is 1. The molecule has 29 heavy (non-hydrogen) atoms. The van der Waals surface area contributed by atoms with Gasteiger partial charge in [-0.05, 0) is 68.1 Å². The Hall–Kier alpha value is -2.25. The second-order valence-electron chi connectivity index (χ2n) is 7.17. The quantitative estimate of drug-likeness (QED) is 0.710. The molecule has 2 rings (SSSR count). The molecule has 0 heterocycles. The van der Waals surface area contributed by atoms with Crippen LogP contribution in [0.15, 0.2) is 30.3 Å². The van der Waals surface area contributed by atoms with Crippen LogP contribution >= 0.6 is 11.6 Å². The number of anilines is 1. The fourth-order valence-electron chi connectivity index (χ4n) is 3.16. The Morgan fingerprint density at radius 2 is 1.76 bits per heavy atom. The summed E-state index contributed by atoms with van der Waals surface area (Å²) in [4.78, 5) is 12.7. The highest BCUT2D eigenvalue weighted by Crippen LogP contribution is 2.30. The fraction of sp³-hybridized carbons (Fsp3) is 0.381. The minimum Gasteiger partial charge on any atom is -0.495 e. The highest BCUT2D eigenvalue weighted by molar-refractivity contribution is 7.92. The largest absolute Gasteiger partial charge is 0.495 e. The lowest BCUT2D eigenvalue weighted by molar-refractivity contribution is -0.120. The number of nitrogens with zero attached hydrogens (tertiary/aromatic N) is 1. The number of nitrogens with one attached hydrogen (secondary N) is 1. The molecule has 2 aromatic rings. The Kier molecular flexibility index (Phi) is 7.19. The normalized spacial score (nSPS) is 12.4. The van der Waals surface area contributed by atoms with E-state index in [0.29, 0.717) is 11.4 Å². The van der Waals surface area contributed by atoms with E-state index in [9.17, 15) is 13.2 Å². The minimum absolute atomic E-state index is 0.261. The van der Waals surface area contributed by atoms with Gasteiger partial charge in [-0.2, -0.15) is 0 Å². The van der Waals surface area contributed by atoms with Crippen molar-refractivity contribution in [3.05, 3.63) is 57.6 Å². The number of halogens is 1. The maximum absolute atomic E-state index is 12.7. The van der Waals surface area contributed by atoms with Crippen molar-refractivity contribution < 1.29 is 17.9 Å². The van der Waals surface area contributed by atoms with Crippen LogP contribution < -0.4 is 14.4 Å². The van der Waals surface area contributed by atoms with Crippen molar-refractivity contribution >= 4 is 33.2 Å². The highest BCUT2D eigenvalue weighted by Gasteiger charge is 2.23. The fourth-order valence-corrected chi connectivity index (χ4v) is 4.26. The van der Waals surface area contributed by atoms with Crippen molar-refractivity contribution in [2.75, 3.05) is 24.2 Å². The lowest BCUT2D eigenvalue weighted by atomic mass is 9.96. The van der Waals surface area contributed by atoms with Gasteiger partial charge in [0.05, 0.1) is 30.1 Å². The van der Waals surface area contributed by atoms with E-state index in [2.05, 4.69) is 11.4 Å². The number of aryl methyl sites for hydroxylation is 3. The third kappa shape index (κ3) is 5.64. The summed E-state index contributed by atoms with van der Waals surface area (Å²) in [5.74, 6) is 0.0136. The van der Waals surface area contributed by atoms with E-state index in [1.54, 1.807) is 12.1 Å². The first-order chi connectivity index (χ1) is 13.4. The molecule has 6 nitrogen and oxygen atoms in total. The van der Waals surface area contributed by atoms with Gasteiger partial charge in [-0.3, -0.25) is 9.10 Å². The molecule has 0 radical (unpaired) electrons. The summed E-state index contributed by atoms with van der Waals surface area (Å²) in [6.45, 7) is 7.58. The Labute approximate surface area is 177 Å². The predicted octanol–water partition coefficient (Wildman–Crippen LogP) is 3.92. The van der Waals surface area contributed by atoms with Gasteiger partial charge in [-0.1, -0.05) is 23.7 Å². The van der Waals surface area contributed by atoms with Gasteiger partial charge in [0.2, 0.25) is 15.9 Å². The number of benzene rings is 2. The minimum atomic E-state index is -3.70. The van der Waals surface area contributed by atoms with Crippen LogP contribution in [0.5, 0.6) is 5.75 Å². The van der Waals surface area contributed by atoms with Crippen LogP contribution in [0.2, 0.25) is 5.02 Å². The summed E-state index contributed by atoms with van der Waals surface area (Å²) in [5, 5.41) is 3.15. The first kappa shape index (κ1) is 23.0. The van der Waals surface area contributed by atoms with Crippen LogP contribution in [0.25, 0.3) is 0 Å². The molecule has 0 fully saturated rings. The molecule has 0 saturated heterocycles. The number of sulfonamides is 1. The van der Waals surface area contributed by atoms with Crippen molar-refractivity contribution in [1.82, 2.24) is 5.32 Å². The van der Waals surface area contributed by atoms with Gasteiger partial charge in [0.15, 0.2) is 0 Å². The van der Waals surface area contributed by atoms with E-state index in [1.807, 2.05) is 33.8 Å². The summed E-state index contributed by atoms with van der Waals surface area (Å²) in [5.41, 5.74) is 4.69. The van der Waals surface area contributed by atoms with Crippen LogP contribution in [0.4, 0.5) is 5.69 Å². The molecule has 0 aliphatic carbocycles. The molecule has 0 aromatic heterocycles. The van der Waals surface area contributed by atoms with Crippen molar-refractivity contribution in [2.24, 2.45) is 0 Å². The van der Waals surface area contributed by atoms with E-state index < -0.39 is 15.9 Å². The van der Waals surface area contributed by atoms with Gasteiger partial charge >= 0.3 is 0 Å². The molecule has 2 aromatic carbocycles. The molecule has 0 saturated carbocycles. The average molecular weight is 439 g/mol. The van der Waals surface area contributed by atoms with Gasteiger partial charge in [0.25, 0.3) is 0 Å². The van der Waals surface area contributed by atoms with Crippen molar-refractivity contribution in [2.45, 2.75) is 33.7 Å².